The first-order valence-corrected chi connectivity index (χ1v) is 8.25. The molecule has 3 rings (SSSR count). The third kappa shape index (κ3) is 3.67. The van der Waals surface area contributed by atoms with Gasteiger partial charge in [0.05, 0.1) is 12.3 Å². The predicted molar refractivity (Wildman–Crippen MR) is 83.4 cm³/mol. The number of hydrogen-bond acceptors (Lipinski definition) is 4. The maximum absolute atomic E-state index is 12.3. The minimum absolute atomic E-state index is 0.0551. The van der Waals surface area contributed by atoms with Gasteiger partial charge in [-0.15, -0.1) is 0 Å². The van der Waals surface area contributed by atoms with E-state index >= 15 is 0 Å². The molecular formula is C16H26N4O2. The van der Waals surface area contributed by atoms with E-state index in [2.05, 4.69) is 21.5 Å². The SMILES string of the molecule is Cc1nn(C)cc1CN1CCO[C@H](C(=O)NC2CCCC2)C1. The maximum Gasteiger partial charge on any atom is 0.250 e. The van der Waals surface area contributed by atoms with Crippen LogP contribution in [0.5, 0.6) is 0 Å². The highest BCUT2D eigenvalue weighted by atomic mass is 16.5. The maximum atomic E-state index is 12.3. The fraction of sp³-hybridized carbons (Fsp3) is 0.750. The molecule has 22 heavy (non-hydrogen) atoms. The summed E-state index contributed by atoms with van der Waals surface area (Å²) in [5, 5.41) is 7.52. The van der Waals surface area contributed by atoms with Crippen molar-refractivity contribution < 1.29 is 9.53 Å². The summed E-state index contributed by atoms with van der Waals surface area (Å²) in [5.74, 6) is 0.0551. The number of aryl methyl sites for hydroxylation is 2. The van der Waals surface area contributed by atoms with E-state index in [-0.39, 0.29) is 12.0 Å². The van der Waals surface area contributed by atoms with E-state index in [0.29, 0.717) is 19.2 Å². The van der Waals surface area contributed by atoms with Gasteiger partial charge in [0.1, 0.15) is 6.10 Å². The number of aromatic nitrogens is 2. The molecule has 1 saturated heterocycles. The predicted octanol–water partition coefficient (Wildman–Crippen LogP) is 0.988. The molecule has 122 valence electrons. The van der Waals surface area contributed by atoms with E-state index in [0.717, 1.165) is 31.6 Å². The molecule has 0 aromatic carbocycles. The summed E-state index contributed by atoms with van der Waals surface area (Å²) in [7, 11) is 1.94. The first-order valence-electron chi connectivity index (χ1n) is 8.25. The molecule has 6 heteroatoms. The second-order valence-electron chi connectivity index (χ2n) is 6.50. The summed E-state index contributed by atoms with van der Waals surface area (Å²) in [5.41, 5.74) is 2.28. The van der Waals surface area contributed by atoms with E-state index in [1.807, 2.05) is 18.7 Å². The van der Waals surface area contributed by atoms with Crippen LogP contribution in [0.15, 0.2) is 6.20 Å². The first-order chi connectivity index (χ1) is 10.6. The molecule has 2 fully saturated rings. The van der Waals surface area contributed by atoms with Gasteiger partial charge in [0.2, 0.25) is 0 Å². The van der Waals surface area contributed by atoms with Crippen molar-refractivity contribution in [1.82, 2.24) is 20.0 Å². The molecule has 2 aliphatic rings. The molecule has 0 unspecified atom stereocenters. The molecule has 1 aliphatic carbocycles. The second kappa shape index (κ2) is 6.79. The van der Waals surface area contributed by atoms with Crippen LogP contribution in [0.4, 0.5) is 0 Å². The van der Waals surface area contributed by atoms with Crippen LogP contribution in [0.2, 0.25) is 0 Å². The van der Waals surface area contributed by atoms with Crippen LogP contribution in [0.3, 0.4) is 0 Å². The molecule has 1 atom stereocenters. The van der Waals surface area contributed by atoms with Crippen molar-refractivity contribution in [2.45, 2.75) is 51.3 Å². The number of carbonyl (C=O) groups is 1. The van der Waals surface area contributed by atoms with Crippen LogP contribution in [-0.4, -0.2) is 52.4 Å². The third-order valence-corrected chi connectivity index (χ3v) is 4.65. The summed E-state index contributed by atoms with van der Waals surface area (Å²) < 4.78 is 7.52. The van der Waals surface area contributed by atoms with Crippen LogP contribution in [0.25, 0.3) is 0 Å². The molecule has 1 saturated carbocycles. The van der Waals surface area contributed by atoms with Gasteiger partial charge in [-0.3, -0.25) is 14.4 Å². The number of nitrogens with zero attached hydrogens (tertiary/aromatic N) is 3. The van der Waals surface area contributed by atoms with Crippen molar-refractivity contribution >= 4 is 5.91 Å². The summed E-state index contributed by atoms with van der Waals surface area (Å²) in [6, 6.07) is 0.354. The van der Waals surface area contributed by atoms with Crippen molar-refractivity contribution in [3.8, 4) is 0 Å². The molecule has 2 heterocycles. The summed E-state index contributed by atoms with van der Waals surface area (Å²) in [6.45, 7) is 4.99. The molecule has 0 radical (unpaired) electrons. The highest BCUT2D eigenvalue weighted by molar-refractivity contribution is 5.81. The first kappa shape index (κ1) is 15.5. The highest BCUT2D eigenvalue weighted by Gasteiger charge is 2.29. The topological polar surface area (TPSA) is 59.4 Å². The zero-order chi connectivity index (χ0) is 15.5. The molecule has 1 amide bonds. The van der Waals surface area contributed by atoms with Gasteiger partial charge in [-0.1, -0.05) is 12.8 Å². The normalized spacial score (nSPS) is 23.8. The number of rotatable bonds is 4. The average Bonchev–Trinajstić information content (AvgIpc) is 3.09. The van der Waals surface area contributed by atoms with Gasteiger partial charge in [-0.05, 0) is 19.8 Å². The van der Waals surface area contributed by atoms with Crippen LogP contribution in [-0.2, 0) is 23.1 Å². The number of amides is 1. The Hall–Kier alpha value is -1.40. The van der Waals surface area contributed by atoms with Crippen molar-refractivity contribution in [2.24, 2.45) is 7.05 Å². The summed E-state index contributed by atoms with van der Waals surface area (Å²) in [6.07, 6.45) is 6.38. The Bertz CT molecular complexity index is 522. The molecular weight excluding hydrogens is 280 g/mol. The van der Waals surface area contributed by atoms with Gasteiger partial charge in [0.25, 0.3) is 5.91 Å². The van der Waals surface area contributed by atoms with Crippen molar-refractivity contribution in [3.63, 3.8) is 0 Å². The van der Waals surface area contributed by atoms with Gasteiger partial charge in [0, 0.05) is 44.5 Å². The lowest BCUT2D eigenvalue weighted by Crippen LogP contribution is -2.51. The van der Waals surface area contributed by atoms with E-state index < -0.39 is 0 Å². The molecule has 1 aromatic rings. The standard InChI is InChI=1S/C16H26N4O2/c1-12-13(9-19(2)18-12)10-20-7-8-22-15(11-20)16(21)17-14-5-3-4-6-14/h9,14-15H,3-8,10-11H2,1-2H3,(H,17,21)/t15-/m0/s1. The molecule has 0 bridgehead atoms. The number of hydrogen-bond donors (Lipinski definition) is 1. The monoisotopic (exact) mass is 306 g/mol. The fourth-order valence-corrected chi connectivity index (χ4v) is 3.41. The van der Waals surface area contributed by atoms with Gasteiger partial charge in [0.15, 0.2) is 0 Å². The van der Waals surface area contributed by atoms with Gasteiger partial charge >= 0.3 is 0 Å². The molecule has 0 spiro atoms. The van der Waals surface area contributed by atoms with Crippen LogP contribution < -0.4 is 5.32 Å². The zero-order valence-corrected chi connectivity index (χ0v) is 13.5. The third-order valence-electron chi connectivity index (χ3n) is 4.65. The van der Waals surface area contributed by atoms with E-state index in [4.69, 9.17) is 4.74 Å². The smallest absolute Gasteiger partial charge is 0.250 e. The number of morpholine rings is 1. The average molecular weight is 306 g/mol. The van der Waals surface area contributed by atoms with Crippen molar-refractivity contribution in [2.75, 3.05) is 19.7 Å². The molecule has 1 aromatic heterocycles. The molecule has 6 nitrogen and oxygen atoms in total. The Morgan fingerprint density at radius 2 is 2.23 bits per heavy atom. The minimum atomic E-state index is -0.341. The van der Waals surface area contributed by atoms with Gasteiger partial charge in [-0.2, -0.15) is 5.10 Å². The lowest BCUT2D eigenvalue weighted by Gasteiger charge is -2.32. The lowest BCUT2D eigenvalue weighted by molar-refractivity contribution is -0.139. The van der Waals surface area contributed by atoms with Gasteiger partial charge < -0.3 is 10.1 Å². The number of ether oxygens (including phenoxy) is 1. The summed E-state index contributed by atoms with van der Waals surface area (Å²) >= 11 is 0. The van der Waals surface area contributed by atoms with Crippen molar-refractivity contribution in [1.29, 1.82) is 0 Å². The fourth-order valence-electron chi connectivity index (χ4n) is 3.41. The lowest BCUT2D eigenvalue weighted by atomic mass is 10.2. The Morgan fingerprint density at radius 1 is 1.45 bits per heavy atom. The summed E-state index contributed by atoms with van der Waals surface area (Å²) in [4.78, 5) is 14.6. The Labute approximate surface area is 131 Å². The second-order valence-corrected chi connectivity index (χ2v) is 6.50. The van der Waals surface area contributed by atoms with E-state index in [9.17, 15) is 4.79 Å². The molecule has 1 aliphatic heterocycles. The van der Waals surface area contributed by atoms with Crippen LogP contribution in [0, 0.1) is 6.92 Å². The Balaban J connectivity index is 1.54. The quantitative estimate of drug-likeness (QED) is 0.901. The highest BCUT2D eigenvalue weighted by Crippen LogP contribution is 2.18. The largest absolute Gasteiger partial charge is 0.366 e. The minimum Gasteiger partial charge on any atom is -0.366 e. The zero-order valence-electron chi connectivity index (χ0n) is 13.5. The Kier molecular flexibility index (Phi) is 4.78. The van der Waals surface area contributed by atoms with Gasteiger partial charge in [-0.25, -0.2) is 0 Å². The Morgan fingerprint density at radius 3 is 2.91 bits per heavy atom. The van der Waals surface area contributed by atoms with E-state index in [1.54, 1.807) is 0 Å². The van der Waals surface area contributed by atoms with Crippen LogP contribution >= 0.6 is 0 Å². The molecule has 1 N–H and O–H groups in total. The van der Waals surface area contributed by atoms with Crippen molar-refractivity contribution in [3.05, 3.63) is 17.5 Å². The van der Waals surface area contributed by atoms with E-state index in [1.165, 1.54) is 18.4 Å². The van der Waals surface area contributed by atoms with Crippen LogP contribution in [0.1, 0.15) is 36.9 Å². The number of nitrogens with one attached hydrogen (secondary N) is 1. The number of carbonyl (C=O) groups excluding carboxylic acids is 1.